The molecule has 0 saturated heterocycles. The van der Waals surface area contributed by atoms with E-state index in [0.717, 1.165) is 21.9 Å². The van der Waals surface area contributed by atoms with Crippen LogP contribution < -0.4 is 22.1 Å². The molecule has 0 bridgehead atoms. The predicted octanol–water partition coefficient (Wildman–Crippen LogP) is 9.13. The number of aromatic nitrogens is 2. The fourth-order valence-corrected chi connectivity index (χ4v) is 9.42. The van der Waals surface area contributed by atoms with Crippen LogP contribution in [0.1, 0.15) is 112 Å². The fourth-order valence-electron chi connectivity index (χ4n) is 8.95. The van der Waals surface area contributed by atoms with Gasteiger partial charge in [-0.25, -0.2) is 18.7 Å². The van der Waals surface area contributed by atoms with Crippen LogP contribution in [-0.4, -0.2) is 61.7 Å². The maximum atomic E-state index is 15.4. The molecule has 0 radical (unpaired) electrons. The number of aliphatic hydroxyl groups is 2. The molecule has 2 aromatic heterocycles. The number of hydrogen-bond acceptors (Lipinski definition) is 11. The van der Waals surface area contributed by atoms with Crippen molar-refractivity contribution < 1.29 is 34.1 Å². The van der Waals surface area contributed by atoms with E-state index in [9.17, 15) is 19.8 Å². The van der Waals surface area contributed by atoms with Crippen molar-refractivity contribution in [1.29, 1.82) is 0 Å². The molecule has 0 spiro atoms. The first-order chi connectivity index (χ1) is 30.3. The largest absolute Gasteiger partial charge is 0.443 e. The van der Waals surface area contributed by atoms with Gasteiger partial charge in [-0.05, 0) is 136 Å². The standard InChI is InChI=1S/C49H54Cl2N6O7/c1-48(2,3)63-46(61)56-37-13-7-25(35(52)15-17-58)19-27(37)21-39(56)29-9-11-33(50)31-23-54-43(41(29)31)45(60)44-42-30(10-12-34(51)32(42)24-55-44)40-22-28-20-26(36(53)16-18-59)8-14-38(28)57(40)47(62)64-49(4,5)6/h7-14,19-22,35-36,43-44,54-55,58-59H,15-18,23-24,52-53H2,1-6H3. The molecule has 2 aliphatic heterocycles. The van der Waals surface area contributed by atoms with E-state index >= 15 is 4.79 Å². The van der Waals surface area contributed by atoms with Crippen LogP contribution in [0.2, 0.25) is 10.0 Å². The van der Waals surface area contributed by atoms with E-state index in [2.05, 4.69) is 10.6 Å². The number of nitrogens with two attached hydrogens (primary N) is 2. The summed E-state index contributed by atoms with van der Waals surface area (Å²) in [7, 11) is 0. The van der Waals surface area contributed by atoms with Crippen molar-refractivity contribution in [3.8, 4) is 22.5 Å². The van der Waals surface area contributed by atoms with Crippen LogP contribution in [0.5, 0.6) is 0 Å². The average molecular weight is 910 g/mol. The number of Topliss-reactive ketones (excluding diaryl/α,β-unsaturated/α-hetero) is 1. The number of nitrogens with zero attached hydrogens (tertiary/aromatic N) is 2. The number of hydrogen-bond donors (Lipinski definition) is 6. The lowest BCUT2D eigenvalue weighted by Crippen LogP contribution is -2.32. The monoisotopic (exact) mass is 908 g/mol. The van der Waals surface area contributed by atoms with Crippen molar-refractivity contribution in [2.75, 3.05) is 13.2 Å². The normalized spacial score (nSPS) is 17.1. The van der Waals surface area contributed by atoms with Crippen LogP contribution in [0.3, 0.4) is 0 Å². The molecule has 0 amide bonds. The Kier molecular flexibility index (Phi) is 12.3. The number of carbonyl (C=O) groups is 3. The summed E-state index contributed by atoms with van der Waals surface area (Å²) in [5.74, 6) is -0.223. The molecule has 0 fully saturated rings. The number of ketones is 1. The Morgan fingerprint density at radius 1 is 0.656 bits per heavy atom. The quantitative estimate of drug-likeness (QED) is 0.0767. The van der Waals surface area contributed by atoms with Crippen LogP contribution in [0, 0.1) is 0 Å². The second-order valence-electron chi connectivity index (χ2n) is 18.6. The zero-order chi connectivity index (χ0) is 46.0. The lowest BCUT2D eigenvalue weighted by atomic mass is 9.87. The number of fused-ring (bicyclic) bond motifs is 4. The molecular weight excluding hydrogens is 855 g/mol. The highest BCUT2D eigenvalue weighted by molar-refractivity contribution is 6.32. The van der Waals surface area contributed by atoms with Crippen molar-refractivity contribution in [2.24, 2.45) is 11.5 Å². The number of rotatable bonds is 10. The van der Waals surface area contributed by atoms with Crippen molar-refractivity contribution in [3.63, 3.8) is 0 Å². The van der Waals surface area contributed by atoms with Gasteiger partial charge in [-0.15, -0.1) is 0 Å². The van der Waals surface area contributed by atoms with Gasteiger partial charge in [-0.3, -0.25) is 15.4 Å². The molecule has 0 saturated carbocycles. The summed E-state index contributed by atoms with van der Waals surface area (Å²) >= 11 is 13.8. The smallest absolute Gasteiger partial charge is 0.419 e. The van der Waals surface area contributed by atoms with E-state index < -0.39 is 47.6 Å². The summed E-state index contributed by atoms with van der Waals surface area (Å²) in [6.07, 6.45) is -0.478. The summed E-state index contributed by atoms with van der Waals surface area (Å²) in [5, 5.41) is 28.4. The first-order valence-electron chi connectivity index (χ1n) is 21.4. The van der Waals surface area contributed by atoms with Gasteiger partial charge in [-0.1, -0.05) is 47.5 Å². The minimum Gasteiger partial charge on any atom is -0.443 e. The van der Waals surface area contributed by atoms with E-state index in [1.807, 2.05) is 60.7 Å². The van der Waals surface area contributed by atoms with Gasteiger partial charge in [0.2, 0.25) is 0 Å². The Morgan fingerprint density at radius 2 is 1.05 bits per heavy atom. The fraction of sp³-hybridized carbons (Fsp3) is 0.367. The lowest BCUT2D eigenvalue weighted by Gasteiger charge is -2.24. The summed E-state index contributed by atoms with van der Waals surface area (Å²) in [4.78, 5) is 43.8. The van der Waals surface area contributed by atoms with Gasteiger partial charge < -0.3 is 31.2 Å². The van der Waals surface area contributed by atoms with Gasteiger partial charge >= 0.3 is 12.2 Å². The lowest BCUT2D eigenvalue weighted by molar-refractivity contribution is -0.123. The minimum absolute atomic E-state index is 0.0773. The Morgan fingerprint density at radius 3 is 1.41 bits per heavy atom. The van der Waals surface area contributed by atoms with Crippen LogP contribution in [0.25, 0.3) is 44.3 Å². The second kappa shape index (κ2) is 17.4. The molecule has 6 aromatic rings. The minimum atomic E-state index is -0.898. The van der Waals surface area contributed by atoms with E-state index in [-0.39, 0.29) is 32.1 Å². The molecule has 0 aliphatic carbocycles. The first kappa shape index (κ1) is 45.5. The van der Waals surface area contributed by atoms with E-state index in [1.54, 1.807) is 53.7 Å². The summed E-state index contributed by atoms with van der Waals surface area (Å²) in [5.41, 5.74) is 18.8. The second-order valence-corrected chi connectivity index (χ2v) is 19.4. The molecule has 64 heavy (non-hydrogen) atoms. The van der Waals surface area contributed by atoms with Crippen LogP contribution in [0.4, 0.5) is 9.59 Å². The summed E-state index contributed by atoms with van der Waals surface area (Å²) in [6.45, 7) is 11.2. The third kappa shape index (κ3) is 8.47. The molecular formula is C49H54Cl2N6O7. The van der Waals surface area contributed by atoms with Crippen molar-refractivity contribution in [3.05, 3.63) is 116 Å². The number of halogens is 2. The van der Waals surface area contributed by atoms with Gasteiger partial charge in [0.15, 0.2) is 5.78 Å². The topological polar surface area (TPSA) is 196 Å². The van der Waals surface area contributed by atoms with Gasteiger partial charge in [-0.2, -0.15) is 0 Å². The number of ether oxygens (including phenoxy) is 2. The van der Waals surface area contributed by atoms with E-state index in [1.165, 1.54) is 9.13 Å². The van der Waals surface area contributed by atoms with Crippen molar-refractivity contribution in [2.45, 2.75) is 103 Å². The van der Waals surface area contributed by atoms with Crippen molar-refractivity contribution in [1.82, 2.24) is 19.8 Å². The third-order valence-electron chi connectivity index (χ3n) is 11.8. The highest BCUT2D eigenvalue weighted by Gasteiger charge is 2.42. The SMILES string of the molecule is CC(C)(C)OC(=O)n1c(-c2ccc(Cl)c3c2C(C(=O)C2NCc4c(Cl)ccc(-c5cc6cc(C(N)CCO)ccc6n5C(=O)OC(C)(C)C)c42)NC3)cc2cc(C(N)CCO)ccc21. The molecule has 15 heteroatoms. The maximum absolute atomic E-state index is 15.4. The third-order valence-corrected chi connectivity index (χ3v) is 12.5. The zero-order valence-corrected chi connectivity index (χ0v) is 38.2. The van der Waals surface area contributed by atoms with Crippen LogP contribution >= 0.6 is 23.2 Å². The van der Waals surface area contributed by atoms with Crippen LogP contribution in [0.15, 0.2) is 72.8 Å². The molecule has 13 nitrogen and oxygen atoms in total. The van der Waals surface area contributed by atoms with E-state index in [4.69, 9.17) is 44.1 Å². The predicted molar refractivity (Wildman–Crippen MR) is 249 cm³/mol. The molecule has 8 N–H and O–H groups in total. The first-order valence-corrected chi connectivity index (χ1v) is 22.2. The Labute approximate surface area is 381 Å². The molecule has 4 aromatic carbocycles. The molecule has 2 aliphatic rings. The highest BCUT2D eigenvalue weighted by Crippen LogP contribution is 2.47. The Bertz CT molecular complexity index is 2650. The summed E-state index contributed by atoms with van der Waals surface area (Å²) < 4.78 is 15.0. The molecule has 4 atom stereocenters. The zero-order valence-electron chi connectivity index (χ0n) is 36.7. The van der Waals surface area contributed by atoms with E-state index in [0.29, 0.717) is 78.7 Å². The Balaban J connectivity index is 1.27. The molecule has 4 unspecified atom stereocenters. The number of benzene rings is 4. The molecule has 4 heterocycles. The van der Waals surface area contributed by atoms with Crippen molar-refractivity contribution >= 4 is 63.0 Å². The Hall–Kier alpha value is -5.09. The van der Waals surface area contributed by atoms with Gasteiger partial charge in [0.25, 0.3) is 0 Å². The van der Waals surface area contributed by atoms with Gasteiger partial charge in [0, 0.05) is 70.3 Å². The van der Waals surface area contributed by atoms with Gasteiger partial charge in [0.1, 0.15) is 11.2 Å². The number of aliphatic hydroxyl groups excluding tert-OH is 2. The number of nitrogens with one attached hydrogen (secondary N) is 2. The average Bonchev–Trinajstić information content (AvgIpc) is 4.03. The maximum Gasteiger partial charge on any atom is 0.419 e. The number of carbonyl (C=O) groups excluding carboxylic acids is 3. The molecule has 8 rings (SSSR count). The van der Waals surface area contributed by atoms with Gasteiger partial charge in [0.05, 0.1) is 34.5 Å². The highest BCUT2D eigenvalue weighted by atomic mass is 35.5. The summed E-state index contributed by atoms with van der Waals surface area (Å²) in [6, 6.07) is 19.4. The molecule has 336 valence electrons. The van der Waals surface area contributed by atoms with Crippen LogP contribution in [-0.2, 0) is 27.4 Å².